The van der Waals surface area contributed by atoms with Gasteiger partial charge in [0.15, 0.2) is 5.88 Å². The third-order valence-electron chi connectivity index (χ3n) is 4.10. The molecule has 17 heavy (non-hydrogen) atoms. The van der Waals surface area contributed by atoms with E-state index in [2.05, 4.69) is 4.90 Å². The van der Waals surface area contributed by atoms with Gasteiger partial charge in [0.2, 0.25) is 5.76 Å². The van der Waals surface area contributed by atoms with Gasteiger partial charge in [-0.05, 0) is 31.2 Å². The Labute approximate surface area is 100 Å². The summed E-state index contributed by atoms with van der Waals surface area (Å²) in [6.45, 7) is 1.00. The first kappa shape index (κ1) is 10.7. The van der Waals surface area contributed by atoms with Crippen molar-refractivity contribution in [3.05, 3.63) is 17.9 Å². The second-order valence-electron chi connectivity index (χ2n) is 5.04. The Kier molecular flexibility index (Phi) is 2.57. The minimum atomic E-state index is -0.990. The van der Waals surface area contributed by atoms with Crippen molar-refractivity contribution in [2.45, 2.75) is 38.1 Å². The van der Waals surface area contributed by atoms with E-state index in [1.54, 1.807) is 12.1 Å². The number of fused-ring (bicyclic) bond motifs is 1. The lowest BCUT2D eigenvalue weighted by Gasteiger charge is -2.31. The predicted molar refractivity (Wildman–Crippen MR) is 63.4 cm³/mol. The fourth-order valence-corrected chi connectivity index (χ4v) is 3.28. The third-order valence-corrected chi connectivity index (χ3v) is 4.10. The van der Waals surface area contributed by atoms with Gasteiger partial charge in [0.25, 0.3) is 0 Å². The van der Waals surface area contributed by atoms with Crippen molar-refractivity contribution in [1.29, 1.82) is 0 Å². The number of carboxylic acids is 1. The van der Waals surface area contributed by atoms with Gasteiger partial charge in [0.05, 0.1) is 0 Å². The Morgan fingerprint density at radius 1 is 1.29 bits per heavy atom. The van der Waals surface area contributed by atoms with Crippen LogP contribution in [0.2, 0.25) is 0 Å². The van der Waals surface area contributed by atoms with Crippen molar-refractivity contribution < 1.29 is 14.3 Å². The smallest absolute Gasteiger partial charge is 0.371 e. The number of nitrogens with zero attached hydrogens (tertiary/aromatic N) is 1. The minimum Gasteiger partial charge on any atom is -0.475 e. The van der Waals surface area contributed by atoms with E-state index in [4.69, 9.17) is 9.52 Å². The van der Waals surface area contributed by atoms with Crippen LogP contribution in [0.15, 0.2) is 16.5 Å². The molecule has 1 saturated heterocycles. The zero-order valence-corrected chi connectivity index (χ0v) is 9.76. The normalized spacial score (nSPS) is 28.1. The van der Waals surface area contributed by atoms with Gasteiger partial charge in [-0.2, -0.15) is 0 Å². The van der Waals surface area contributed by atoms with Crippen molar-refractivity contribution in [2.24, 2.45) is 5.92 Å². The quantitative estimate of drug-likeness (QED) is 0.856. The van der Waals surface area contributed by atoms with Gasteiger partial charge in [-0.3, -0.25) is 0 Å². The second-order valence-corrected chi connectivity index (χ2v) is 5.04. The first-order valence-corrected chi connectivity index (χ1v) is 6.35. The third kappa shape index (κ3) is 1.81. The lowest BCUT2D eigenvalue weighted by Crippen LogP contribution is -2.34. The standard InChI is InChI=1S/C13H17NO3/c15-13(16)11-5-6-12(17-11)14-8-7-9-3-1-2-4-10(9)14/h5-6,9-10H,1-4,7-8H2,(H,15,16). The summed E-state index contributed by atoms with van der Waals surface area (Å²) in [5.74, 6) is 0.564. The molecule has 1 aliphatic carbocycles. The largest absolute Gasteiger partial charge is 0.475 e. The van der Waals surface area contributed by atoms with Crippen molar-refractivity contribution >= 4 is 11.9 Å². The Hall–Kier alpha value is -1.45. The lowest BCUT2D eigenvalue weighted by molar-refractivity contribution is 0.0663. The highest BCUT2D eigenvalue weighted by molar-refractivity contribution is 5.84. The average molecular weight is 235 g/mol. The molecule has 92 valence electrons. The molecule has 4 nitrogen and oxygen atoms in total. The summed E-state index contributed by atoms with van der Waals surface area (Å²) in [6, 6.07) is 3.91. The molecule has 0 amide bonds. The molecule has 1 aromatic rings. The summed E-state index contributed by atoms with van der Waals surface area (Å²) in [5.41, 5.74) is 0. The van der Waals surface area contributed by atoms with Gasteiger partial charge < -0.3 is 14.4 Å². The fraction of sp³-hybridized carbons (Fsp3) is 0.615. The Morgan fingerprint density at radius 3 is 2.88 bits per heavy atom. The van der Waals surface area contributed by atoms with Gasteiger partial charge in [-0.25, -0.2) is 4.79 Å². The van der Waals surface area contributed by atoms with E-state index < -0.39 is 5.97 Å². The number of hydrogen-bond acceptors (Lipinski definition) is 3. The zero-order chi connectivity index (χ0) is 11.8. The first-order valence-electron chi connectivity index (χ1n) is 6.35. The van der Waals surface area contributed by atoms with E-state index in [1.807, 2.05) is 0 Å². The molecule has 4 heteroatoms. The van der Waals surface area contributed by atoms with Gasteiger partial charge in [0.1, 0.15) is 0 Å². The molecule has 1 N–H and O–H groups in total. The van der Waals surface area contributed by atoms with E-state index >= 15 is 0 Å². The summed E-state index contributed by atoms with van der Waals surface area (Å²) < 4.78 is 5.40. The Balaban J connectivity index is 1.81. The number of furan rings is 1. The first-order chi connectivity index (χ1) is 8.25. The van der Waals surface area contributed by atoms with Gasteiger partial charge in [0, 0.05) is 18.7 Å². The van der Waals surface area contributed by atoms with Crippen LogP contribution in [0.25, 0.3) is 0 Å². The SMILES string of the molecule is O=C(O)c1ccc(N2CCC3CCCCC32)o1. The number of rotatable bonds is 2. The van der Waals surface area contributed by atoms with Gasteiger partial charge in [-0.1, -0.05) is 12.8 Å². The average Bonchev–Trinajstić information content (AvgIpc) is 2.95. The zero-order valence-electron chi connectivity index (χ0n) is 9.76. The van der Waals surface area contributed by atoms with Crippen LogP contribution in [0.4, 0.5) is 5.88 Å². The van der Waals surface area contributed by atoms with E-state index in [0.29, 0.717) is 6.04 Å². The summed E-state index contributed by atoms with van der Waals surface area (Å²) in [5, 5.41) is 8.86. The number of anilines is 1. The molecular weight excluding hydrogens is 218 g/mol. The van der Waals surface area contributed by atoms with E-state index in [9.17, 15) is 4.79 Å². The Morgan fingerprint density at radius 2 is 2.12 bits per heavy atom. The summed E-state index contributed by atoms with van der Waals surface area (Å²) in [6.07, 6.45) is 6.37. The molecule has 0 aromatic carbocycles. The fourth-order valence-electron chi connectivity index (χ4n) is 3.28. The highest BCUT2D eigenvalue weighted by atomic mass is 16.4. The second kappa shape index (κ2) is 4.09. The minimum absolute atomic E-state index is 0.0410. The topological polar surface area (TPSA) is 53.7 Å². The summed E-state index contributed by atoms with van der Waals surface area (Å²) in [7, 11) is 0. The number of carbonyl (C=O) groups is 1. The van der Waals surface area contributed by atoms with Crippen LogP contribution in [-0.4, -0.2) is 23.7 Å². The van der Waals surface area contributed by atoms with E-state index in [-0.39, 0.29) is 5.76 Å². The van der Waals surface area contributed by atoms with E-state index in [1.165, 1.54) is 32.1 Å². The van der Waals surface area contributed by atoms with Crippen molar-refractivity contribution in [3.8, 4) is 0 Å². The van der Waals surface area contributed by atoms with Crippen LogP contribution in [0.5, 0.6) is 0 Å². The van der Waals surface area contributed by atoms with Crippen LogP contribution in [0.1, 0.15) is 42.7 Å². The van der Waals surface area contributed by atoms with Crippen LogP contribution in [-0.2, 0) is 0 Å². The van der Waals surface area contributed by atoms with Gasteiger partial charge >= 0.3 is 5.97 Å². The molecule has 3 rings (SSSR count). The molecule has 1 aromatic heterocycles. The maximum Gasteiger partial charge on any atom is 0.371 e. The predicted octanol–water partition coefficient (Wildman–Crippen LogP) is 2.75. The molecule has 2 atom stereocenters. The molecular formula is C13H17NO3. The molecule has 2 aliphatic rings. The molecule has 0 radical (unpaired) electrons. The van der Waals surface area contributed by atoms with Crippen molar-refractivity contribution in [2.75, 3.05) is 11.4 Å². The number of carboxylic acid groups (broad SMARTS) is 1. The summed E-state index contributed by atoms with van der Waals surface area (Å²) in [4.78, 5) is 13.1. The molecule has 0 spiro atoms. The van der Waals surface area contributed by atoms with Crippen molar-refractivity contribution in [1.82, 2.24) is 0 Å². The molecule has 1 aliphatic heterocycles. The molecule has 0 bridgehead atoms. The number of hydrogen-bond donors (Lipinski definition) is 1. The van der Waals surface area contributed by atoms with Crippen LogP contribution in [0.3, 0.4) is 0 Å². The maximum atomic E-state index is 10.8. The van der Waals surface area contributed by atoms with Crippen LogP contribution in [0, 0.1) is 5.92 Å². The highest BCUT2D eigenvalue weighted by Gasteiger charge is 2.37. The monoisotopic (exact) mass is 235 g/mol. The molecule has 2 heterocycles. The maximum absolute atomic E-state index is 10.8. The van der Waals surface area contributed by atoms with Crippen LogP contribution >= 0.6 is 0 Å². The Bertz CT molecular complexity index is 426. The highest BCUT2D eigenvalue weighted by Crippen LogP contribution is 2.39. The summed E-state index contributed by atoms with van der Waals surface area (Å²) >= 11 is 0. The number of aromatic carboxylic acids is 1. The van der Waals surface area contributed by atoms with Crippen LogP contribution < -0.4 is 4.90 Å². The lowest BCUT2D eigenvalue weighted by atomic mass is 9.85. The molecule has 1 saturated carbocycles. The van der Waals surface area contributed by atoms with Gasteiger partial charge in [-0.15, -0.1) is 0 Å². The van der Waals surface area contributed by atoms with Crippen molar-refractivity contribution in [3.63, 3.8) is 0 Å². The molecule has 2 fully saturated rings. The molecule has 2 unspecified atom stereocenters. The van der Waals surface area contributed by atoms with E-state index in [0.717, 1.165) is 18.3 Å².